The Kier molecular flexibility index (Phi) is 3.55. The molecule has 4 nitrogen and oxygen atoms in total. The van der Waals surface area contributed by atoms with Gasteiger partial charge in [0.05, 0.1) is 19.8 Å². The summed E-state index contributed by atoms with van der Waals surface area (Å²) in [7, 11) is 3.03. The molecule has 1 aromatic carbocycles. The lowest BCUT2D eigenvalue weighted by Gasteiger charge is -2.12. The van der Waals surface area contributed by atoms with Crippen LogP contribution in [0.5, 0.6) is 11.5 Å². The fourth-order valence-electron chi connectivity index (χ4n) is 1.46. The number of aromatic carboxylic acids is 1. The fourth-order valence-corrected chi connectivity index (χ4v) is 1.46. The maximum atomic E-state index is 10.8. The number of benzene rings is 1. The lowest BCUT2D eigenvalue weighted by atomic mass is 10.1. The van der Waals surface area contributed by atoms with Crippen LogP contribution in [0.3, 0.4) is 0 Å². The van der Waals surface area contributed by atoms with Crippen molar-refractivity contribution in [3.8, 4) is 11.5 Å². The summed E-state index contributed by atoms with van der Waals surface area (Å²) in [5.41, 5.74) is 1.05. The number of methoxy groups -OCH3 is 2. The molecule has 1 N–H and O–H groups in total. The third kappa shape index (κ3) is 2.21. The highest BCUT2D eigenvalue weighted by Gasteiger charge is 2.13. The van der Waals surface area contributed by atoms with E-state index in [4.69, 9.17) is 14.6 Å². The summed E-state index contributed by atoms with van der Waals surface area (Å²) in [6.45, 7) is 1.96. The third-order valence-electron chi connectivity index (χ3n) is 2.21. The summed E-state index contributed by atoms with van der Waals surface area (Å²) in [5, 5.41) is 8.88. The smallest absolute Gasteiger partial charge is 0.335 e. The number of ether oxygens (including phenoxy) is 2. The van der Waals surface area contributed by atoms with Gasteiger partial charge in [0.25, 0.3) is 0 Å². The van der Waals surface area contributed by atoms with Crippen LogP contribution in [-0.2, 0) is 6.42 Å². The Hall–Kier alpha value is -1.71. The van der Waals surface area contributed by atoms with Gasteiger partial charge in [-0.1, -0.05) is 6.92 Å². The standard InChI is InChI=1S/C11H14O4/c1-4-8-9(14-2)5-7(11(12)13)6-10(8)15-3/h5-6H,4H2,1-3H3,(H,12,13). The number of rotatable bonds is 4. The van der Waals surface area contributed by atoms with Crippen LogP contribution in [0.25, 0.3) is 0 Å². The van der Waals surface area contributed by atoms with Gasteiger partial charge in [-0.15, -0.1) is 0 Å². The predicted molar refractivity (Wildman–Crippen MR) is 55.9 cm³/mol. The fraction of sp³-hybridized carbons (Fsp3) is 0.364. The number of carboxylic acids is 1. The normalized spacial score (nSPS) is 9.80. The van der Waals surface area contributed by atoms with Gasteiger partial charge in [-0.3, -0.25) is 0 Å². The molecule has 1 rings (SSSR count). The first-order valence-electron chi connectivity index (χ1n) is 4.62. The minimum Gasteiger partial charge on any atom is -0.496 e. The highest BCUT2D eigenvalue weighted by atomic mass is 16.5. The van der Waals surface area contributed by atoms with Crippen LogP contribution < -0.4 is 9.47 Å². The molecule has 0 spiro atoms. The Balaban J connectivity index is 3.35. The van der Waals surface area contributed by atoms with Crippen molar-refractivity contribution in [3.63, 3.8) is 0 Å². The molecule has 0 aliphatic heterocycles. The van der Waals surface area contributed by atoms with Crippen molar-refractivity contribution in [3.05, 3.63) is 23.3 Å². The molecule has 0 heterocycles. The molecule has 82 valence electrons. The molecule has 4 heteroatoms. The molecule has 0 aliphatic carbocycles. The molecule has 0 radical (unpaired) electrons. The van der Waals surface area contributed by atoms with E-state index in [1.54, 1.807) is 0 Å². The van der Waals surface area contributed by atoms with Gasteiger partial charge in [-0.25, -0.2) is 4.79 Å². The first kappa shape index (κ1) is 11.4. The van der Waals surface area contributed by atoms with Gasteiger partial charge in [0.2, 0.25) is 0 Å². The van der Waals surface area contributed by atoms with Crippen LogP contribution >= 0.6 is 0 Å². The van der Waals surface area contributed by atoms with Crippen molar-refractivity contribution in [2.24, 2.45) is 0 Å². The zero-order valence-electron chi connectivity index (χ0n) is 9.03. The van der Waals surface area contributed by atoms with Crippen LogP contribution in [0.2, 0.25) is 0 Å². The van der Waals surface area contributed by atoms with Crippen LogP contribution in [0, 0.1) is 0 Å². The largest absolute Gasteiger partial charge is 0.496 e. The summed E-state index contributed by atoms with van der Waals surface area (Å²) >= 11 is 0. The molecule has 0 atom stereocenters. The Morgan fingerprint density at radius 1 is 1.27 bits per heavy atom. The average molecular weight is 210 g/mol. The maximum absolute atomic E-state index is 10.8. The van der Waals surface area contributed by atoms with E-state index in [2.05, 4.69) is 0 Å². The predicted octanol–water partition coefficient (Wildman–Crippen LogP) is 1.96. The van der Waals surface area contributed by atoms with Gasteiger partial charge < -0.3 is 14.6 Å². The molecule has 0 saturated carbocycles. The monoisotopic (exact) mass is 210 g/mol. The van der Waals surface area contributed by atoms with Crippen molar-refractivity contribution >= 4 is 5.97 Å². The second kappa shape index (κ2) is 4.68. The average Bonchev–Trinajstić information content (AvgIpc) is 2.26. The van der Waals surface area contributed by atoms with Gasteiger partial charge in [0.15, 0.2) is 0 Å². The first-order valence-corrected chi connectivity index (χ1v) is 4.62. The minimum atomic E-state index is -0.991. The van der Waals surface area contributed by atoms with Gasteiger partial charge in [0.1, 0.15) is 11.5 Å². The topological polar surface area (TPSA) is 55.8 Å². The van der Waals surface area contributed by atoms with E-state index in [1.807, 2.05) is 6.92 Å². The van der Waals surface area contributed by atoms with Gasteiger partial charge >= 0.3 is 5.97 Å². The van der Waals surface area contributed by atoms with Crippen LogP contribution in [0.1, 0.15) is 22.8 Å². The first-order chi connectivity index (χ1) is 7.13. The molecule has 1 aromatic rings. The quantitative estimate of drug-likeness (QED) is 0.825. The van der Waals surface area contributed by atoms with Crippen molar-refractivity contribution in [1.29, 1.82) is 0 Å². The van der Waals surface area contributed by atoms with Crippen molar-refractivity contribution in [2.45, 2.75) is 13.3 Å². The third-order valence-corrected chi connectivity index (χ3v) is 2.21. The molecule has 0 aromatic heterocycles. The van der Waals surface area contributed by atoms with E-state index in [0.717, 1.165) is 12.0 Å². The minimum absolute atomic E-state index is 0.168. The summed E-state index contributed by atoms with van der Waals surface area (Å²) in [6, 6.07) is 3.01. The molecular weight excluding hydrogens is 196 g/mol. The van der Waals surface area contributed by atoms with Crippen LogP contribution in [0.4, 0.5) is 0 Å². The Morgan fingerprint density at radius 2 is 1.73 bits per heavy atom. The van der Waals surface area contributed by atoms with E-state index in [0.29, 0.717) is 11.5 Å². The number of hydrogen-bond donors (Lipinski definition) is 1. The Morgan fingerprint density at radius 3 is 2.00 bits per heavy atom. The summed E-state index contributed by atoms with van der Waals surface area (Å²) < 4.78 is 10.3. The molecule has 15 heavy (non-hydrogen) atoms. The molecule has 0 fully saturated rings. The van der Waals surface area contributed by atoms with E-state index in [1.165, 1.54) is 26.4 Å². The Labute approximate surface area is 88.4 Å². The number of hydrogen-bond acceptors (Lipinski definition) is 3. The zero-order chi connectivity index (χ0) is 11.4. The molecule has 0 saturated heterocycles. The van der Waals surface area contributed by atoms with Crippen molar-refractivity contribution < 1.29 is 19.4 Å². The van der Waals surface area contributed by atoms with E-state index in [9.17, 15) is 4.79 Å². The van der Waals surface area contributed by atoms with Crippen molar-refractivity contribution in [2.75, 3.05) is 14.2 Å². The lowest BCUT2D eigenvalue weighted by Crippen LogP contribution is -2.02. The second-order valence-electron chi connectivity index (χ2n) is 3.02. The number of carboxylic acid groups (broad SMARTS) is 1. The van der Waals surface area contributed by atoms with Gasteiger partial charge in [0, 0.05) is 5.56 Å². The van der Waals surface area contributed by atoms with Gasteiger partial charge in [-0.05, 0) is 18.6 Å². The van der Waals surface area contributed by atoms with Crippen molar-refractivity contribution in [1.82, 2.24) is 0 Å². The van der Waals surface area contributed by atoms with E-state index < -0.39 is 5.97 Å². The molecule has 0 aliphatic rings. The summed E-state index contributed by atoms with van der Waals surface area (Å²) in [5.74, 6) is 0.109. The molecular formula is C11H14O4. The summed E-state index contributed by atoms with van der Waals surface area (Å²) in [4.78, 5) is 10.8. The Bertz CT molecular complexity index is 346. The maximum Gasteiger partial charge on any atom is 0.335 e. The van der Waals surface area contributed by atoms with E-state index >= 15 is 0 Å². The second-order valence-corrected chi connectivity index (χ2v) is 3.02. The highest BCUT2D eigenvalue weighted by molar-refractivity contribution is 5.89. The summed E-state index contributed by atoms with van der Waals surface area (Å²) in [6.07, 6.45) is 0.728. The number of carbonyl (C=O) groups is 1. The molecule has 0 unspecified atom stereocenters. The van der Waals surface area contributed by atoms with E-state index in [-0.39, 0.29) is 5.56 Å². The lowest BCUT2D eigenvalue weighted by molar-refractivity contribution is 0.0696. The van der Waals surface area contributed by atoms with Crippen LogP contribution in [0.15, 0.2) is 12.1 Å². The molecule has 0 bridgehead atoms. The SMILES string of the molecule is CCc1c(OC)cc(C(=O)O)cc1OC. The van der Waals surface area contributed by atoms with Crippen LogP contribution in [-0.4, -0.2) is 25.3 Å². The highest BCUT2D eigenvalue weighted by Crippen LogP contribution is 2.30. The molecule has 0 amide bonds. The zero-order valence-corrected chi connectivity index (χ0v) is 9.03. The van der Waals surface area contributed by atoms with Gasteiger partial charge in [-0.2, -0.15) is 0 Å².